The van der Waals surface area contributed by atoms with Gasteiger partial charge in [0, 0.05) is 5.56 Å². The Morgan fingerprint density at radius 3 is 0.821 bits per heavy atom. The van der Waals surface area contributed by atoms with E-state index >= 15 is 0 Å². The Kier molecular flexibility index (Phi) is 40.2. The fourth-order valence-corrected chi connectivity index (χ4v) is 8.77. The first-order chi connectivity index (χ1) is 27.8. The van der Waals surface area contributed by atoms with Gasteiger partial charge in [-0.1, -0.05) is 222 Å². The van der Waals surface area contributed by atoms with Crippen LogP contribution >= 0.6 is 0 Å². The maximum atomic E-state index is 2.42. The summed E-state index contributed by atoms with van der Waals surface area (Å²) in [4.78, 5) is 0. The topological polar surface area (TPSA) is 0 Å². The van der Waals surface area contributed by atoms with Crippen molar-refractivity contribution in [1.29, 1.82) is 0 Å². The molecule has 0 aliphatic heterocycles. The minimum atomic E-state index is 1.18. The fourth-order valence-electron chi connectivity index (χ4n) is 8.77. The average Bonchev–Trinajstić information content (AvgIpc) is 3.21. The monoisotopic (exact) mass is 775 g/mol. The lowest BCUT2D eigenvalue weighted by atomic mass is 10.0. The van der Waals surface area contributed by atoms with Gasteiger partial charge in [-0.15, -0.1) is 0 Å². The SMILES string of the molecule is CC/C=C/CCCCCCCCCCCC[N+](CCCCCCCCCCCC/C=C/CC)(CCCCCCCCCCCC/C=C/CC)Cc1ccccc1. The minimum Gasteiger partial charge on any atom is -0.320 e. The van der Waals surface area contributed by atoms with Crippen LogP contribution in [0.3, 0.4) is 0 Å². The molecule has 0 saturated carbocycles. The highest BCUT2D eigenvalue weighted by Gasteiger charge is 2.26. The smallest absolute Gasteiger partial charge is 0.104 e. The molecular weight excluding hydrogens is 675 g/mol. The Hall–Kier alpha value is -1.60. The van der Waals surface area contributed by atoms with Crippen molar-refractivity contribution in [1.82, 2.24) is 0 Å². The van der Waals surface area contributed by atoms with Crippen molar-refractivity contribution < 1.29 is 4.48 Å². The van der Waals surface area contributed by atoms with Gasteiger partial charge < -0.3 is 4.48 Å². The second-order valence-electron chi connectivity index (χ2n) is 17.8. The van der Waals surface area contributed by atoms with E-state index in [1.54, 1.807) is 5.56 Å². The van der Waals surface area contributed by atoms with E-state index in [1.165, 1.54) is 262 Å². The summed E-state index contributed by atoms with van der Waals surface area (Å²) in [5, 5.41) is 0. The van der Waals surface area contributed by atoms with E-state index in [-0.39, 0.29) is 0 Å². The quantitative estimate of drug-likeness (QED) is 0.0352. The zero-order valence-corrected chi connectivity index (χ0v) is 38.6. The van der Waals surface area contributed by atoms with Crippen LogP contribution in [-0.4, -0.2) is 24.1 Å². The molecule has 0 saturated heterocycles. The molecule has 1 rings (SSSR count). The minimum absolute atomic E-state index is 1.18. The van der Waals surface area contributed by atoms with Gasteiger partial charge in [0.2, 0.25) is 0 Å². The number of benzene rings is 1. The molecule has 1 aromatic carbocycles. The zero-order chi connectivity index (χ0) is 40.1. The lowest BCUT2D eigenvalue weighted by Gasteiger charge is -2.39. The first kappa shape index (κ1) is 52.4. The lowest BCUT2D eigenvalue weighted by Crippen LogP contribution is -2.49. The second-order valence-corrected chi connectivity index (χ2v) is 17.8. The number of nitrogens with zero attached hydrogens (tertiary/aromatic N) is 1. The zero-order valence-electron chi connectivity index (χ0n) is 38.6. The van der Waals surface area contributed by atoms with Crippen molar-refractivity contribution in [2.24, 2.45) is 0 Å². The van der Waals surface area contributed by atoms with E-state index in [4.69, 9.17) is 0 Å². The molecule has 324 valence electrons. The number of hydrogen-bond donors (Lipinski definition) is 0. The molecule has 0 atom stereocenters. The van der Waals surface area contributed by atoms with Gasteiger partial charge in [0.25, 0.3) is 0 Å². The molecule has 0 spiro atoms. The second kappa shape index (κ2) is 43.0. The third kappa shape index (κ3) is 35.6. The van der Waals surface area contributed by atoms with Gasteiger partial charge in [-0.05, 0) is 96.3 Å². The van der Waals surface area contributed by atoms with Gasteiger partial charge in [-0.2, -0.15) is 0 Å². The molecule has 0 aromatic heterocycles. The first-order valence-electron chi connectivity index (χ1n) is 25.6. The van der Waals surface area contributed by atoms with Gasteiger partial charge >= 0.3 is 0 Å². The Balaban J connectivity index is 2.51. The number of rotatable bonds is 44. The van der Waals surface area contributed by atoms with Crippen LogP contribution in [0.25, 0.3) is 0 Å². The summed E-state index contributed by atoms with van der Waals surface area (Å²) in [6.07, 6.45) is 64.5. The molecule has 0 N–H and O–H groups in total. The Bertz CT molecular complexity index is 879. The van der Waals surface area contributed by atoms with Gasteiger partial charge in [0.05, 0.1) is 19.6 Å². The lowest BCUT2D eigenvalue weighted by molar-refractivity contribution is -0.941. The molecule has 56 heavy (non-hydrogen) atoms. The molecule has 0 amide bonds. The summed E-state index contributed by atoms with van der Waals surface area (Å²) < 4.78 is 1.35. The summed E-state index contributed by atoms with van der Waals surface area (Å²) in [6.45, 7) is 12.1. The molecule has 1 aromatic rings. The maximum Gasteiger partial charge on any atom is 0.104 e. The molecule has 0 radical (unpaired) electrons. The van der Waals surface area contributed by atoms with Crippen molar-refractivity contribution in [3.8, 4) is 0 Å². The summed E-state index contributed by atoms with van der Waals surface area (Å²) >= 11 is 0. The highest BCUT2D eigenvalue weighted by atomic mass is 15.3. The van der Waals surface area contributed by atoms with Gasteiger partial charge in [-0.25, -0.2) is 0 Å². The van der Waals surface area contributed by atoms with Crippen molar-refractivity contribution in [2.75, 3.05) is 19.6 Å². The van der Waals surface area contributed by atoms with E-state index in [1.807, 2.05) is 0 Å². The molecule has 1 heteroatoms. The van der Waals surface area contributed by atoms with Crippen LogP contribution < -0.4 is 0 Å². The van der Waals surface area contributed by atoms with Gasteiger partial charge in [-0.3, -0.25) is 0 Å². The summed E-state index contributed by atoms with van der Waals surface area (Å²) in [7, 11) is 0. The Morgan fingerprint density at radius 1 is 0.304 bits per heavy atom. The highest BCUT2D eigenvalue weighted by Crippen LogP contribution is 2.23. The third-order valence-electron chi connectivity index (χ3n) is 12.3. The molecule has 0 unspecified atom stereocenters. The van der Waals surface area contributed by atoms with E-state index < -0.39 is 0 Å². The molecular formula is C55H100N+. The average molecular weight is 775 g/mol. The molecule has 1 nitrogen and oxygen atoms in total. The van der Waals surface area contributed by atoms with E-state index in [0.717, 1.165) is 0 Å². The van der Waals surface area contributed by atoms with E-state index in [9.17, 15) is 0 Å². The van der Waals surface area contributed by atoms with Crippen LogP contribution in [0.4, 0.5) is 0 Å². The van der Waals surface area contributed by atoms with Crippen LogP contribution in [0.1, 0.15) is 257 Å². The molecule has 0 fully saturated rings. The number of allylic oxidation sites excluding steroid dienone is 6. The van der Waals surface area contributed by atoms with Gasteiger partial charge in [0.15, 0.2) is 0 Å². The van der Waals surface area contributed by atoms with Crippen molar-refractivity contribution >= 4 is 0 Å². The Labute approximate surface area is 353 Å². The fraction of sp³-hybridized carbons (Fsp3) is 0.782. The standard InChI is InChI=1S/C55H100N/c1-4-7-10-13-16-19-22-25-28-31-34-37-40-46-51-56(54-55-49-44-43-45-50-55,52-47-41-38-35-32-29-26-23-20-17-14-11-8-5-2)53-48-42-39-36-33-30-27-24-21-18-15-12-9-6-3/h7-12,43-45,49-50H,4-6,13-42,46-48,51-54H2,1-3H3/q+1/b10-7+,11-8+,12-9+. The summed E-state index contributed by atoms with van der Waals surface area (Å²) in [5.41, 5.74) is 1.57. The number of unbranched alkanes of at least 4 members (excludes halogenated alkanes) is 30. The predicted octanol–water partition coefficient (Wildman–Crippen LogP) is 18.8. The molecule has 0 aliphatic carbocycles. The normalized spacial score (nSPS) is 12.3. The van der Waals surface area contributed by atoms with Crippen LogP contribution in [0.2, 0.25) is 0 Å². The first-order valence-corrected chi connectivity index (χ1v) is 25.6. The van der Waals surface area contributed by atoms with Crippen LogP contribution in [0, 0.1) is 0 Å². The van der Waals surface area contributed by atoms with Crippen molar-refractivity contribution in [2.45, 2.75) is 258 Å². The van der Waals surface area contributed by atoms with E-state index in [2.05, 4.69) is 87.6 Å². The molecule has 0 bridgehead atoms. The van der Waals surface area contributed by atoms with Crippen molar-refractivity contribution in [3.63, 3.8) is 0 Å². The Morgan fingerprint density at radius 2 is 0.554 bits per heavy atom. The van der Waals surface area contributed by atoms with Crippen molar-refractivity contribution in [3.05, 3.63) is 72.4 Å². The third-order valence-corrected chi connectivity index (χ3v) is 12.3. The maximum absolute atomic E-state index is 2.42. The number of hydrogen-bond acceptors (Lipinski definition) is 0. The summed E-state index contributed by atoms with van der Waals surface area (Å²) in [6, 6.07) is 11.6. The van der Waals surface area contributed by atoms with Gasteiger partial charge in [0.1, 0.15) is 6.54 Å². The molecule has 0 aliphatic rings. The number of quaternary nitrogens is 1. The molecule has 0 heterocycles. The predicted molar refractivity (Wildman–Crippen MR) is 256 cm³/mol. The largest absolute Gasteiger partial charge is 0.320 e. The van der Waals surface area contributed by atoms with Crippen LogP contribution in [0.5, 0.6) is 0 Å². The van der Waals surface area contributed by atoms with Crippen LogP contribution in [0.15, 0.2) is 66.8 Å². The summed E-state index contributed by atoms with van der Waals surface area (Å²) in [5.74, 6) is 0. The van der Waals surface area contributed by atoms with E-state index in [0.29, 0.717) is 0 Å². The van der Waals surface area contributed by atoms with Crippen LogP contribution in [-0.2, 0) is 6.54 Å². The highest BCUT2D eigenvalue weighted by molar-refractivity contribution is 5.13.